The number of benzene rings is 1. The molecule has 25 heavy (non-hydrogen) atoms. The van der Waals surface area contributed by atoms with E-state index in [1.54, 1.807) is 28.9 Å². The largest absolute Gasteiger partial charge is 0.378 e. The average Bonchev–Trinajstić information content (AvgIpc) is 2.90. The zero-order valence-corrected chi connectivity index (χ0v) is 15.8. The van der Waals surface area contributed by atoms with Crippen molar-refractivity contribution in [1.29, 1.82) is 0 Å². The molecule has 0 bridgehead atoms. The number of urea groups is 1. The first-order valence-corrected chi connectivity index (χ1v) is 10.1. The molecule has 1 aromatic carbocycles. The van der Waals surface area contributed by atoms with Gasteiger partial charge in [0.2, 0.25) is 10.0 Å². The third-order valence-electron chi connectivity index (χ3n) is 4.66. The maximum absolute atomic E-state index is 13.0. The van der Waals surface area contributed by atoms with Crippen LogP contribution in [0.5, 0.6) is 0 Å². The van der Waals surface area contributed by atoms with Gasteiger partial charge in [0.25, 0.3) is 0 Å². The summed E-state index contributed by atoms with van der Waals surface area (Å²) < 4.78 is 32.6. The van der Waals surface area contributed by atoms with Gasteiger partial charge in [0.15, 0.2) is 0 Å². The number of hydrogen-bond acceptors (Lipinski definition) is 4. The van der Waals surface area contributed by atoms with Crippen molar-refractivity contribution in [2.24, 2.45) is 0 Å². The fourth-order valence-corrected chi connectivity index (χ4v) is 5.11. The molecular formula is C16H22ClN3O4S. The van der Waals surface area contributed by atoms with E-state index in [1.165, 1.54) is 16.4 Å². The molecule has 0 aliphatic carbocycles. The molecule has 9 heteroatoms. The van der Waals surface area contributed by atoms with E-state index in [4.69, 9.17) is 16.3 Å². The SMILES string of the molecule is C[C@@H]1N(C(=O)N2CCOCC2)[C@@H](C)CN1S(=O)(=O)c1ccc(Cl)cc1. The van der Waals surface area contributed by atoms with Gasteiger partial charge in [-0.15, -0.1) is 0 Å². The molecule has 2 atom stereocenters. The van der Waals surface area contributed by atoms with Crippen molar-refractivity contribution in [2.75, 3.05) is 32.8 Å². The van der Waals surface area contributed by atoms with E-state index in [0.29, 0.717) is 31.3 Å². The summed E-state index contributed by atoms with van der Waals surface area (Å²) in [6.45, 7) is 5.95. The van der Waals surface area contributed by atoms with E-state index in [-0.39, 0.29) is 23.5 Å². The number of carbonyl (C=O) groups excluding carboxylic acids is 1. The molecule has 3 rings (SSSR count). The highest BCUT2D eigenvalue weighted by atomic mass is 35.5. The predicted octanol–water partition coefficient (Wildman–Crippen LogP) is 1.83. The lowest BCUT2D eigenvalue weighted by Crippen LogP contribution is -2.52. The van der Waals surface area contributed by atoms with Crippen LogP contribution < -0.4 is 0 Å². The second kappa shape index (κ2) is 7.11. The van der Waals surface area contributed by atoms with Gasteiger partial charge in [0.1, 0.15) is 0 Å². The second-order valence-electron chi connectivity index (χ2n) is 6.30. The maximum atomic E-state index is 13.0. The van der Waals surface area contributed by atoms with Crippen LogP contribution >= 0.6 is 11.6 Å². The normalized spacial score (nSPS) is 25.4. The molecule has 0 spiro atoms. The fraction of sp³-hybridized carbons (Fsp3) is 0.562. The number of halogens is 1. The molecule has 2 fully saturated rings. The molecule has 0 N–H and O–H groups in total. The van der Waals surface area contributed by atoms with Crippen molar-refractivity contribution in [3.8, 4) is 0 Å². The van der Waals surface area contributed by atoms with Gasteiger partial charge in [-0.05, 0) is 38.1 Å². The third kappa shape index (κ3) is 3.48. The van der Waals surface area contributed by atoms with Gasteiger partial charge in [0.05, 0.1) is 24.3 Å². The van der Waals surface area contributed by atoms with Crippen LogP contribution in [0.1, 0.15) is 13.8 Å². The summed E-state index contributed by atoms with van der Waals surface area (Å²) in [7, 11) is -3.70. The minimum Gasteiger partial charge on any atom is -0.378 e. The minimum absolute atomic E-state index is 0.142. The van der Waals surface area contributed by atoms with Crippen molar-refractivity contribution in [2.45, 2.75) is 31.0 Å². The summed E-state index contributed by atoms with van der Waals surface area (Å²) in [5, 5.41) is 0.478. The van der Waals surface area contributed by atoms with E-state index in [2.05, 4.69) is 0 Å². The van der Waals surface area contributed by atoms with Gasteiger partial charge in [-0.2, -0.15) is 4.31 Å². The van der Waals surface area contributed by atoms with Crippen LogP contribution in [0, 0.1) is 0 Å². The van der Waals surface area contributed by atoms with Crippen LogP contribution in [0.2, 0.25) is 5.02 Å². The van der Waals surface area contributed by atoms with Gasteiger partial charge in [-0.1, -0.05) is 11.6 Å². The lowest BCUT2D eigenvalue weighted by atomic mass is 10.3. The highest BCUT2D eigenvalue weighted by molar-refractivity contribution is 7.89. The molecular weight excluding hydrogens is 366 g/mol. The molecule has 138 valence electrons. The zero-order chi connectivity index (χ0) is 18.2. The van der Waals surface area contributed by atoms with Gasteiger partial charge >= 0.3 is 6.03 Å². The number of sulfonamides is 1. The monoisotopic (exact) mass is 387 g/mol. The van der Waals surface area contributed by atoms with Crippen molar-refractivity contribution in [1.82, 2.24) is 14.1 Å². The fourth-order valence-electron chi connectivity index (χ4n) is 3.32. The van der Waals surface area contributed by atoms with E-state index >= 15 is 0 Å². The van der Waals surface area contributed by atoms with E-state index in [0.717, 1.165) is 0 Å². The highest BCUT2D eigenvalue weighted by Gasteiger charge is 2.45. The number of morpholine rings is 1. The first kappa shape index (κ1) is 18.4. The molecule has 7 nitrogen and oxygen atoms in total. The van der Waals surface area contributed by atoms with E-state index in [9.17, 15) is 13.2 Å². The predicted molar refractivity (Wildman–Crippen MR) is 93.9 cm³/mol. The van der Waals surface area contributed by atoms with Gasteiger partial charge in [0, 0.05) is 30.7 Å². The molecule has 1 aromatic rings. The Kier molecular flexibility index (Phi) is 5.24. The van der Waals surface area contributed by atoms with Gasteiger partial charge < -0.3 is 14.5 Å². The summed E-state index contributed by atoms with van der Waals surface area (Å²) >= 11 is 5.85. The Morgan fingerprint density at radius 1 is 1.16 bits per heavy atom. The Morgan fingerprint density at radius 2 is 1.76 bits per heavy atom. The van der Waals surface area contributed by atoms with Crippen LogP contribution in [0.3, 0.4) is 0 Å². The molecule has 2 aliphatic rings. The maximum Gasteiger partial charge on any atom is 0.321 e. The van der Waals surface area contributed by atoms with Crippen molar-refractivity contribution in [3.63, 3.8) is 0 Å². The smallest absolute Gasteiger partial charge is 0.321 e. The molecule has 0 radical (unpaired) electrons. The van der Waals surface area contributed by atoms with E-state index < -0.39 is 16.2 Å². The lowest BCUT2D eigenvalue weighted by Gasteiger charge is -2.35. The quantitative estimate of drug-likeness (QED) is 0.776. The van der Waals surface area contributed by atoms with Crippen LogP contribution in [0.15, 0.2) is 29.2 Å². The number of nitrogens with zero attached hydrogens (tertiary/aromatic N) is 3. The molecule has 2 heterocycles. The topological polar surface area (TPSA) is 70.2 Å². The van der Waals surface area contributed by atoms with Crippen LogP contribution in [0.4, 0.5) is 4.79 Å². The number of carbonyl (C=O) groups is 1. The zero-order valence-electron chi connectivity index (χ0n) is 14.3. The number of rotatable bonds is 2. The third-order valence-corrected chi connectivity index (χ3v) is 6.85. The van der Waals surface area contributed by atoms with Gasteiger partial charge in [-0.3, -0.25) is 0 Å². The average molecular weight is 388 g/mol. The number of hydrogen-bond donors (Lipinski definition) is 0. The standard InChI is InChI=1S/C16H22ClN3O4S/c1-12-11-19(25(22,23)15-5-3-14(17)4-6-15)13(2)20(12)16(21)18-7-9-24-10-8-18/h3-6,12-13H,7-11H2,1-2H3/t12-,13-/m0/s1. The van der Waals surface area contributed by atoms with E-state index in [1.807, 2.05) is 6.92 Å². The second-order valence-corrected chi connectivity index (χ2v) is 8.63. The summed E-state index contributed by atoms with van der Waals surface area (Å²) in [5.41, 5.74) is 0. The summed E-state index contributed by atoms with van der Waals surface area (Å²) in [6.07, 6.45) is -0.550. The molecule has 0 saturated carbocycles. The van der Waals surface area contributed by atoms with Crippen molar-refractivity contribution >= 4 is 27.7 Å². The molecule has 0 aromatic heterocycles. The Hall–Kier alpha value is -1.35. The minimum atomic E-state index is -3.70. The summed E-state index contributed by atoms with van der Waals surface area (Å²) in [4.78, 5) is 16.4. The van der Waals surface area contributed by atoms with Crippen LogP contribution in [-0.2, 0) is 14.8 Å². The van der Waals surface area contributed by atoms with Crippen molar-refractivity contribution < 1.29 is 17.9 Å². The lowest BCUT2D eigenvalue weighted by molar-refractivity contribution is 0.0382. The Bertz CT molecular complexity index is 734. The van der Waals surface area contributed by atoms with Gasteiger partial charge in [-0.25, -0.2) is 13.2 Å². The molecule has 0 unspecified atom stereocenters. The summed E-state index contributed by atoms with van der Waals surface area (Å²) in [6, 6.07) is 5.73. The molecule has 2 aliphatic heterocycles. The highest BCUT2D eigenvalue weighted by Crippen LogP contribution is 2.29. The van der Waals surface area contributed by atoms with Crippen LogP contribution in [0.25, 0.3) is 0 Å². The summed E-state index contributed by atoms with van der Waals surface area (Å²) in [5.74, 6) is 0. The first-order chi connectivity index (χ1) is 11.8. The Balaban J connectivity index is 1.82. The molecule has 2 amide bonds. The Morgan fingerprint density at radius 3 is 2.36 bits per heavy atom. The number of ether oxygens (including phenoxy) is 1. The number of amides is 2. The first-order valence-electron chi connectivity index (χ1n) is 8.25. The van der Waals surface area contributed by atoms with Crippen LogP contribution in [-0.4, -0.2) is 73.6 Å². The Labute approximate surface area is 153 Å². The molecule has 2 saturated heterocycles. The van der Waals surface area contributed by atoms with Crippen molar-refractivity contribution in [3.05, 3.63) is 29.3 Å².